The van der Waals surface area contributed by atoms with Crippen molar-refractivity contribution < 1.29 is 9.90 Å². The van der Waals surface area contributed by atoms with Crippen LogP contribution in [0.1, 0.15) is 53.9 Å². The Labute approximate surface area is 118 Å². The molecule has 0 saturated heterocycles. The Hall–Kier alpha value is -0.570. The normalized spacial score (nSPS) is 29.7. The van der Waals surface area contributed by atoms with Gasteiger partial charge in [-0.15, -0.1) is 0 Å². The van der Waals surface area contributed by atoms with Gasteiger partial charge in [0.2, 0.25) is 0 Å². The lowest BCUT2D eigenvalue weighted by atomic mass is 9.73. The van der Waals surface area contributed by atoms with E-state index in [4.69, 9.17) is 5.11 Å². The van der Waals surface area contributed by atoms with Gasteiger partial charge in [-0.05, 0) is 37.1 Å². The minimum atomic E-state index is -0.677. The van der Waals surface area contributed by atoms with E-state index in [9.17, 15) is 4.79 Å². The molecule has 1 fully saturated rings. The highest BCUT2D eigenvalue weighted by atomic mass is 16.4. The maximum absolute atomic E-state index is 11.1. The first-order valence-corrected chi connectivity index (χ1v) is 7.83. The Morgan fingerprint density at radius 2 is 1.95 bits per heavy atom. The van der Waals surface area contributed by atoms with Crippen LogP contribution in [-0.2, 0) is 4.79 Å². The maximum atomic E-state index is 11.1. The van der Waals surface area contributed by atoms with Crippen molar-refractivity contribution in [3.05, 3.63) is 0 Å². The third-order valence-corrected chi connectivity index (χ3v) is 4.79. The van der Waals surface area contributed by atoms with Crippen LogP contribution >= 0.6 is 0 Å². The summed E-state index contributed by atoms with van der Waals surface area (Å²) in [6.45, 7) is 12.6. The molecule has 0 aromatic rings. The molecule has 4 unspecified atom stereocenters. The second-order valence-corrected chi connectivity index (χ2v) is 6.72. The molecule has 3 heteroatoms. The summed E-state index contributed by atoms with van der Waals surface area (Å²) in [6, 6.07) is 0.565. The van der Waals surface area contributed by atoms with Crippen LogP contribution in [0.25, 0.3) is 0 Å². The van der Waals surface area contributed by atoms with Crippen molar-refractivity contribution in [1.82, 2.24) is 4.90 Å². The maximum Gasteiger partial charge on any atom is 0.307 e. The van der Waals surface area contributed by atoms with Crippen molar-refractivity contribution in [1.29, 1.82) is 0 Å². The molecule has 0 amide bonds. The number of hydrogen-bond donors (Lipinski definition) is 1. The van der Waals surface area contributed by atoms with Crippen LogP contribution in [0.2, 0.25) is 0 Å². The summed E-state index contributed by atoms with van der Waals surface area (Å²) < 4.78 is 0. The molecule has 0 bridgehead atoms. The van der Waals surface area contributed by atoms with E-state index in [-0.39, 0.29) is 5.92 Å². The zero-order valence-corrected chi connectivity index (χ0v) is 13.2. The monoisotopic (exact) mass is 269 g/mol. The van der Waals surface area contributed by atoms with Crippen LogP contribution in [-0.4, -0.2) is 35.1 Å². The lowest BCUT2D eigenvalue weighted by molar-refractivity contribution is -0.142. The Morgan fingerprint density at radius 3 is 2.42 bits per heavy atom. The number of rotatable bonds is 6. The number of nitrogens with zero attached hydrogens (tertiary/aromatic N) is 1. The third kappa shape index (κ3) is 4.48. The van der Waals surface area contributed by atoms with Crippen molar-refractivity contribution in [3.63, 3.8) is 0 Å². The van der Waals surface area contributed by atoms with Gasteiger partial charge in [-0.25, -0.2) is 0 Å². The molecule has 19 heavy (non-hydrogen) atoms. The molecule has 3 nitrogen and oxygen atoms in total. The Bertz CT molecular complexity index is 290. The highest BCUT2D eigenvalue weighted by Crippen LogP contribution is 2.36. The summed E-state index contributed by atoms with van der Waals surface area (Å²) in [4.78, 5) is 13.5. The van der Waals surface area contributed by atoms with Crippen molar-refractivity contribution in [2.45, 2.75) is 59.9 Å². The predicted octanol–water partition coefficient (Wildman–Crippen LogP) is 3.49. The topological polar surface area (TPSA) is 40.5 Å². The van der Waals surface area contributed by atoms with Gasteiger partial charge in [0, 0.05) is 12.6 Å². The summed E-state index contributed by atoms with van der Waals surface area (Å²) in [6.07, 6.45) is 3.84. The minimum absolute atomic E-state index is 0.273. The zero-order valence-electron chi connectivity index (χ0n) is 13.2. The van der Waals surface area contributed by atoms with Crippen molar-refractivity contribution in [2.75, 3.05) is 13.1 Å². The van der Waals surface area contributed by atoms with Crippen LogP contribution in [0.3, 0.4) is 0 Å². The predicted molar refractivity (Wildman–Crippen MR) is 79.2 cm³/mol. The van der Waals surface area contributed by atoms with Gasteiger partial charge in [0.25, 0.3) is 0 Å². The lowest BCUT2D eigenvalue weighted by Crippen LogP contribution is -2.48. The second kappa shape index (κ2) is 7.28. The number of hydrogen-bond acceptors (Lipinski definition) is 2. The largest absolute Gasteiger partial charge is 0.481 e. The van der Waals surface area contributed by atoms with Crippen LogP contribution in [0.4, 0.5) is 0 Å². The zero-order chi connectivity index (χ0) is 14.6. The van der Waals surface area contributed by atoms with Crippen LogP contribution in [0.5, 0.6) is 0 Å². The summed E-state index contributed by atoms with van der Waals surface area (Å²) in [5.74, 6) is 1.23. The molecule has 1 saturated carbocycles. The van der Waals surface area contributed by atoms with Crippen LogP contribution in [0.15, 0.2) is 0 Å². The Balaban J connectivity index is 2.76. The van der Waals surface area contributed by atoms with Gasteiger partial charge in [0.1, 0.15) is 0 Å². The SMILES string of the molecule is CCN(CC(C)C(=O)O)C1CC(C)CCC1C(C)C. The van der Waals surface area contributed by atoms with Crippen LogP contribution in [0, 0.1) is 23.7 Å². The second-order valence-electron chi connectivity index (χ2n) is 6.72. The minimum Gasteiger partial charge on any atom is -0.481 e. The fourth-order valence-corrected chi connectivity index (χ4v) is 3.50. The van der Waals surface area contributed by atoms with Crippen molar-refractivity contribution in [2.24, 2.45) is 23.7 Å². The molecule has 4 atom stereocenters. The number of aliphatic carboxylic acids is 1. The summed E-state index contributed by atoms with van der Waals surface area (Å²) in [7, 11) is 0. The first-order chi connectivity index (χ1) is 8.86. The molecule has 0 heterocycles. The van der Waals surface area contributed by atoms with E-state index in [1.165, 1.54) is 19.3 Å². The molecule has 112 valence electrons. The highest BCUT2D eigenvalue weighted by Gasteiger charge is 2.34. The average molecular weight is 269 g/mol. The highest BCUT2D eigenvalue weighted by molar-refractivity contribution is 5.69. The van der Waals surface area contributed by atoms with E-state index in [1.54, 1.807) is 0 Å². The smallest absolute Gasteiger partial charge is 0.307 e. The quantitative estimate of drug-likeness (QED) is 0.802. The van der Waals surface area contributed by atoms with Gasteiger partial charge in [-0.2, -0.15) is 0 Å². The third-order valence-electron chi connectivity index (χ3n) is 4.79. The van der Waals surface area contributed by atoms with Crippen molar-refractivity contribution >= 4 is 5.97 Å². The molecular weight excluding hydrogens is 238 g/mol. The molecule has 1 aliphatic carbocycles. The summed E-state index contributed by atoms with van der Waals surface area (Å²) in [5.41, 5.74) is 0. The molecule has 1 rings (SSSR count). The van der Waals surface area contributed by atoms with Crippen molar-refractivity contribution in [3.8, 4) is 0 Å². The first-order valence-electron chi connectivity index (χ1n) is 7.83. The molecule has 0 aliphatic heterocycles. The van der Waals surface area contributed by atoms with E-state index in [0.717, 1.165) is 18.4 Å². The van der Waals surface area contributed by atoms with Gasteiger partial charge in [0.15, 0.2) is 0 Å². The van der Waals surface area contributed by atoms with Crippen LogP contribution < -0.4 is 0 Å². The van der Waals surface area contributed by atoms with Gasteiger partial charge in [-0.1, -0.05) is 41.0 Å². The molecule has 0 spiro atoms. The fourth-order valence-electron chi connectivity index (χ4n) is 3.50. The molecule has 0 radical (unpaired) electrons. The molecule has 0 aromatic heterocycles. The van der Waals surface area contributed by atoms with E-state index in [0.29, 0.717) is 18.5 Å². The van der Waals surface area contributed by atoms with Gasteiger partial charge in [0.05, 0.1) is 5.92 Å². The van der Waals surface area contributed by atoms with E-state index >= 15 is 0 Å². The molecular formula is C16H31NO2. The fraction of sp³-hybridized carbons (Fsp3) is 0.938. The Kier molecular flexibility index (Phi) is 6.31. The number of carboxylic acids is 1. The molecule has 1 N–H and O–H groups in total. The number of carbonyl (C=O) groups is 1. The first kappa shape index (κ1) is 16.5. The molecule has 0 aromatic carbocycles. The van der Waals surface area contributed by atoms with Gasteiger partial charge in [-0.3, -0.25) is 9.69 Å². The van der Waals surface area contributed by atoms with E-state index in [1.807, 2.05) is 6.92 Å². The molecule has 1 aliphatic rings. The lowest BCUT2D eigenvalue weighted by Gasteiger charge is -2.44. The summed E-state index contributed by atoms with van der Waals surface area (Å²) in [5, 5.41) is 9.13. The standard InChI is InChI=1S/C16H31NO2/c1-6-17(10-13(5)16(18)19)15-9-12(4)7-8-14(15)11(2)3/h11-15H,6-10H2,1-5H3,(H,18,19). The average Bonchev–Trinajstić information content (AvgIpc) is 2.34. The van der Waals surface area contributed by atoms with Gasteiger partial charge < -0.3 is 5.11 Å². The Morgan fingerprint density at radius 1 is 1.32 bits per heavy atom. The number of carboxylic acid groups (broad SMARTS) is 1. The summed E-state index contributed by atoms with van der Waals surface area (Å²) >= 11 is 0. The van der Waals surface area contributed by atoms with E-state index in [2.05, 4.69) is 32.6 Å². The van der Waals surface area contributed by atoms with E-state index < -0.39 is 5.97 Å². The van der Waals surface area contributed by atoms with Gasteiger partial charge >= 0.3 is 5.97 Å².